The van der Waals surface area contributed by atoms with Crippen LogP contribution in [0.5, 0.6) is 11.5 Å². The van der Waals surface area contributed by atoms with Gasteiger partial charge in [0.1, 0.15) is 5.82 Å². The Bertz CT molecular complexity index is 739. The molecule has 4 rings (SSSR count). The van der Waals surface area contributed by atoms with E-state index >= 15 is 0 Å². The highest BCUT2D eigenvalue weighted by molar-refractivity contribution is 5.90. The number of rotatable bonds is 4. The van der Waals surface area contributed by atoms with E-state index in [4.69, 9.17) is 9.47 Å². The molecule has 2 aliphatic rings. The van der Waals surface area contributed by atoms with E-state index in [1.807, 2.05) is 17.8 Å². The molecule has 120 valence electrons. The molecule has 7 heteroatoms. The van der Waals surface area contributed by atoms with Gasteiger partial charge < -0.3 is 24.7 Å². The van der Waals surface area contributed by atoms with Crippen LogP contribution in [0.3, 0.4) is 0 Å². The minimum Gasteiger partial charge on any atom is -0.454 e. The van der Waals surface area contributed by atoms with Crippen LogP contribution in [0.2, 0.25) is 0 Å². The van der Waals surface area contributed by atoms with Gasteiger partial charge in [-0.25, -0.2) is 9.78 Å². The van der Waals surface area contributed by atoms with E-state index in [-0.39, 0.29) is 18.9 Å². The lowest BCUT2D eigenvalue weighted by Crippen LogP contribution is -2.35. The third-order valence-corrected chi connectivity index (χ3v) is 4.15. The summed E-state index contributed by atoms with van der Waals surface area (Å²) in [6.07, 6.45) is 5.87. The Morgan fingerprint density at radius 3 is 2.91 bits per heavy atom. The number of ether oxygens (including phenoxy) is 2. The summed E-state index contributed by atoms with van der Waals surface area (Å²) in [6, 6.07) is 5.02. The highest BCUT2D eigenvalue weighted by Gasteiger charge is 2.35. The van der Waals surface area contributed by atoms with E-state index in [1.54, 1.807) is 24.4 Å². The molecular formula is C16H18N4O3. The number of nitrogens with one attached hydrogen (secondary N) is 2. The van der Waals surface area contributed by atoms with Gasteiger partial charge in [0.25, 0.3) is 0 Å². The molecule has 2 heterocycles. The maximum atomic E-state index is 12.3. The fourth-order valence-corrected chi connectivity index (χ4v) is 2.78. The summed E-state index contributed by atoms with van der Waals surface area (Å²) in [6.45, 7) is 0.216. The molecule has 2 amide bonds. The number of anilines is 1. The van der Waals surface area contributed by atoms with E-state index in [1.165, 1.54) is 0 Å². The molecule has 1 fully saturated rings. The van der Waals surface area contributed by atoms with Crippen molar-refractivity contribution in [1.29, 1.82) is 0 Å². The number of carbonyl (C=O) groups is 1. The van der Waals surface area contributed by atoms with Gasteiger partial charge in [-0.15, -0.1) is 0 Å². The average molecular weight is 314 g/mol. The van der Waals surface area contributed by atoms with Gasteiger partial charge in [0.2, 0.25) is 6.79 Å². The third kappa shape index (κ3) is 2.81. The third-order valence-electron chi connectivity index (χ3n) is 4.15. The van der Waals surface area contributed by atoms with Gasteiger partial charge in [-0.05, 0) is 30.9 Å². The van der Waals surface area contributed by atoms with E-state index in [0.29, 0.717) is 23.1 Å². The van der Waals surface area contributed by atoms with Crippen LogP contribution in [0, 0.1) is 5.92 Å². The number of hydrogen-bond donors (Lipinski definition) is 2. The molecular weight excluding hydrogens is 296 g/mol. The van der Waals surface area contributed by atoms with E-state index < -0.39 is 0 Å². The SMILES string of the molecule is Cn1ccnc1C(NC(=O)Nc1ccc2c(c1)OCO2)C1CC1. The van der Waals surface area contributed by atoms with Gasteiger partial charge in [-0.1, -0.05) is 0 Å². The standard InChI is InChI=1S/C16H18N4O3/c1-20-7-6-17-15(20)14(10-2-3-10)19-16(21)18-11-4-5-12-13(8-11)23-9-22-12/h4-8,10,14H,2-3,9H2,1H3,(H2,18,19,21). The van der Waals surface area contributed by atoms with Crippen molar-refractivity contribution in [2.75, 3.05) is 12.1 Å². The largest absolute Gasteiger partial charge is 0.454 e. The first-order valence-corrected chi connectivity index (χ1v) is 7.65. The van der Waals surface area contributed by atoms with Gasteiger partial charge in [-0.3, -0.25) is 0 Å². The molecule has 1 saturated carbocycles. The minimum atomic E-state index is -0.247. The lowest BCUT2D eigenvalue weighted by Gasteiger charge is -2.18. The Balaban J connectivity index is 1.45. The topological polar surface area (TPSA) is 77.4 Å². The Labute approximate surface area is 133 Å². The van der Waals surface area contributed by atoms with Crippen molar-refractivity contribution in [2.24, 2.45) is 13.0 Å². The second kappa shape index (κ2) is 5.49. The molecule has 7 nitrogen and oxygen atoms in total. The highest BCUT2D eigenvalue weighted by atomic mass is 16.7. The first-order valence-electron chi connectivity index (χ1n) is 7.65. The molecule has 1 aliphatic carbocycles. The second-order valence-corrected chi connectivity index (χ2v) is 5.88. The van der Waals surface area contributed by atoms with Crippen molar-refractivity contribution in [3.8, 4) is 11.5 Å². The average Bonchev–Trinajstić information content (AvgIpc) is 3.12. The summed E-state index contributed by atoms with van der Waals surface area (Å²) in [5, 5.41) is 5.88. The van der Waals surface area contributed by atoms with Gasteiger partial charge >= 0.3 is 6.03 Å². The first-order chi connectivity index (χ1) is 11.2. The summed E-state index contributed by atoms with van der Waals surface area (Å²) in [5.41, 5.74) is 0.668. The molecule has 23 heavy (non-hydrogen) atoms. The van der Waals surface area contributed by atoms with Gasteiger partial charge in [0.15, 0.2) is 11.5 Å². The zero-order valence-corrected chi connectivity index (χ0v) is 12.8. The molecule has 1 aliphatic heterocycles. The number of aryl methyl sites for hydroxylation is 1. The van der Waals surface area contributed by atoms with Gasteiger partial charge in [-0.2, -0.15) is 0 Å². The van der Waals surface area contributed by atoms with Crippen LogP contribution in [0.25, 0.3) is 0 Å². The van der Waals surface area contributed by atoms with Crippen LogP contribution >= 0.6 is 0 Å². The van der Waals surface area contributed by atoms with Gasteiger partial charge in [0, 0.05) is 31.2 Å². The van der Waals surface area contributed by atoms with Crippen molar-refractivity contribution in [3.05, 3.63) is 36.4 Å². The molecule has 2 N–H and O–H groups in total. The number of amides is 2. The smallest absolute Gasteiger partial charge is 0.319 e. The molecule has 0 bridgehead atoms. The molecule has 1 aromatic carbocycles. The van der Waals surface area contributed by atoms with Crippen LogP contribution < -0.4 is 20.1 Å². The molecule has 0 spiro atoms. The summed E-state index contributed by atoms with van der Waals surface area (Å²) in [4.78, 5) is 16.7. The number of benzene rings is 1. The number of urea groups is 1. The zero-order valence-electron chi connectivity index (χ0n) is 12.8. The predicted molar refractivity (Wildman–Crippen MR) is 83.4 cm³/mol. The number of nitrogens with zero attached hydrogens (tertiary/aromatic N) is 2. The van der Waals surface area contributed by atoms with E-state index in [0.717, 1.165) is 18.7 Å². The fraction of sp³-hybridized carbons (Fsp3) is 0.375. The fourth-order valence-electron chi connectivity index (χ4n) is 2.78. The van der Waals surface area contributed by atoms with Crippen LogP contribution in [0.15, 0.2) is 30.6 Å². The number of aromatic nitrogens is 2. The molecule has 0 saturated heterocycles. The maximum absolute atomic E-state index is 12.3. The Kier molecular flexibility index (Phi) is 3.33. The molecule has 0 radical (unpaired) electrons. The Morgan fingerprint density at radius 2 is 2.17 bits per heavy atom. The van der Waals surface area contributed by atoms with Crippen molar-refractivity contribution >= 4 is 11.7 Å². The summed E-state index contributed by atoms with van der Waals surface area (Å²) in [5.74, 6) is 2.68. The normalized spacial score (nSPS) is 16.9. The number of fused-ring (bicyclic) bond motifs is 1. The quantitative estimate of drug-likeness (QED) is 0.908. The van der Waals surface area contributed by atoms with Crippen LogP contribution in [-0.4, -0.2) is 22.4 Å². The second-order valence-electron chi connectivity index (χ2n) is 5.88. The highest BCUT2D eigenvalue weighted by Crippen LogP contribution is 2.40. The Hall–Kier alpha value is -2.70. The number of hydrogen-bond acceptors (Lipinski definition) is 4. The Morgan fingerprint density at radius 1 is 1.35 bits per heavy atom. The molecule has 1 unspecified atom stereocenters. The lowest BCUT2D eigenvalue weighted by molar-refractivity contribution is 0.174. The molecule has 1 atom stereocenters. The van der Waals surface area contributed by atoms with E-state index in [9.17, 15) is 4.79 Å². The number of imidazole rings is 1. The van der Waals surface area contributed by atoms with Crippen LogP contribution in [0.4, 0.5) is 10.5 Å². The predicted octanol–water partition coefficient (Wildman–Crippen LogP) is 2.42. The number of carbonyl (C=O) groups excluding carboxylic acids is 1. The van der Waals surface area contributed by atoms with Crippen LogP contribution in [0.1, 0.15) is 24.7 Å². The summed E-state index contributed by atoms with van der Waals surface area (Å²) < 4.78 is 12.5. The minimum absolute atomic E-state index is 0.0657. The van der Waals surface area contributed by atoms with Crippen molar-refractivity contribution < 1.29 is 14.3 Å². The van der Waals surface area contributed by atoms with E-state index in [2.05, 4.69) is 15.6 Å². The van der Waals surface area contributed by atoms with Crippen molar-refractivity contribution in [1.82, 2.24) is 14.9 Å². The lowest BCUT2D eigenvalue weighted by atomic mass is 10.1. The summed E-state index contributed by atoms with van der Waals surface area (Å²) in [7, 11) is 1.94. The van der Waals surface area contributed by atoms with Crippen molar-refractivity contribution in [2.45, 2.75) is 18.9 Å². The first kappa shape index (κ1) is 13.9. The van der Waals surface area contributed by atoms with Crippen LogP contribution in [-0.2, 0) is 7.05 Å². The van der Waals surface area contributed by atoms with Gasteiger partial charge in [0.05, 0.1) is 6.04 Å². The zero-order chi connectivity index (χ0) is 15.8. The maximum Gasteiger partial charge on any atom is 0.319 e. The van der Waals surface area contributed by atoms with Crippen molar-refractivity contribution in [3.63, 3.8) is 0 Å². The molecule has 2 aromatic rings. The molecule has 1 aromatic heterocycles. The summed E-state index contributed by atoms with van der Waals surface area (Å²) >= 11 is 0. The monoisotopic (exact) mass is 314 g/mol.